The largest absolute Gasteiger partial charge is 0.480 e. The quantitative estimate of drug-likeness (QED) is 0.444. The average molecular weight is 301 g/mol. The molecule has 9 nitrogen and oxygen atoms in total. The Kier molecular flexibility index (Phi) is 6.44. The molecule has 1 aliphatic rings. The van der Waals surface area contributed by atoms with Crippen molar-refractivity contribution in [1.82, 2.24) is 16.0 Å². The van der Waals surface area contributed by atoms with Crippen LogP contribution in [0.5, 0.6) is 0 Å². The Morgan fingerprint density at radius 1 is 1.48 bits per heavy atom. The van der Waals surface area contributed by atoms with Gasteiger partial charge in [-0.1, -0.05) is 0 Å². The molecule has 0 aromatic carbocycles. The van der Waals surface area contributed by atoms with E-state index in [-0.39, 0.29) is 31.3 Å². The van der Waals surface area contributed by atoms with E-state index in [1.807, 2.05) is 0 Å². The van der Waals surface area contributed by atoms with E-state index in [9.17, 15) is 19.2 Å². The topological polar surface area (TPSA) is 134 Å². The van der Waals surface area contributed by atoms with E-state index in [0.29, 0.717) is 12.8 Å². The molecule has 0 saturated carbocycles. The first-order chi connectivity index (χ1) is 9.92. The van der Waals surface area contributed by atoms with Crippen molar-refractivity contribution in [2.45, 2.75) is 37.8 Å². The predicted octanol–water partition coefficient (Wildman–Crippen LogP) is -1.03. The van der Waals surface area contributed by atoms with Gasteiger partial charge in [0, 0.05) is 25.4 Å². The van der Waals surface area contributed by atoms with E-state index in [0.717, 1.165) is 0 Å². The van der Waals surface area contributed by atoms with Crippen molar-refractivity contribution in [3.8, 4) is 0 Å². The minimum absolute atomic E-state index is 0.0599. The molecule has 0 aliphatic carbocycles. The SMILES string of the molecule is COC(=O)CC[C@@H](NC(=O)NCC1CCC(=O)N1)C(=O)O. The highest BCUT2D eigenvalue weighted by Gasteiger charge is 2.23. The van der Waals surface area contributed by atoms with Gasteiger partial charge < -0.3 is 25.8 Å². The summed E-state index contributed by atoms with van der Waals surface area (Å²) < 4.78 is 4.41. The maximum absolute atomic E-state index is 11.6. The highest BCUT2D eigenvalue weighted by atomic mass is 16.5. The summed E-state index contributed by atoms with van der Waals surface area (Å²) >= 11 is 0. The summed E-state index contributed by atoms with van der Waals surface area (Å²) in [5.41, 5.74) is 0. The molecule has 0 radical (unpaired) electrons. The number of ether oxygens (including phenoxy) is 1. The normalized spacial score (nSPS) is 18.5. The molecular formula is C12H19N3O6. The van der Waals surface area contributed by atoms with Crippen molar-refractivity contribution < 1.29 is 29.0 Å². The highest BCUT2D eigenvalue weighted by molar-refractivity contribution is 5.83. The maximum Gasteiger partial charge on any atom is 0.326 e. The molecule has 1 heterocycles. The van der Waals surface area contributed by atoms with Gasteiger partial charge in [-0.25, -0.2) is 9.59 Å². The van der Waals surface area contributed by atoms with Gasteiger partial charge in [0.25, 0.3) is 0 Å². The number of carbonyl (C=O) groups is 4. The molecule has 1 aliphatic heterocycles. The van der Waals surface area contributed by atoms with Gasteiger partial charge in [0.05, 0.1) is 7.11 Å². The van der Waals surface area contributed by atoms with Gasteiger partial charge in [0.2, 0.25) is 5.91 Å². The number of carboxylic acid groups (broad SMARTS) is 1. The lowest BCUT2D eigenvalue weighted by molar-refractivity contribution is -0.142. The molecule has 1 fully saturated rings. The van der Waals surface area contributed by atoms with Crippen LogP contribution in [-0.2, 0) is 19.1 Å². The lowest BCUT2D eigenvalue weighted by Gasteiger charge is -2.16. The van der Waals surface area contributed by atoms with E-state index in [4.69, 9.17) is 5.11 Å². The zero-order valence-corrected chi connectivity index (χ0v) is 11.7. The number of methoxy groups -OCH3 is 1. The molecule has 0 aromatic heterocycles. The van der Waals surface area contributed by atoms with E-state index >= 15 is 0 Å². The van der Waals surface area contributed by atoms with Crippen LogP contribution in [0.1, 0.15) is 25.7 Å². The molecule has 1 rings (SSSR count). The second-order valence-corrected chi connectivity index (χ2v) is 4.66. The summed E-state index contributed by atoms with van der Waals surface area (Å²) in [6, 6.07) is -1.97. The van der Waals surface area contributed by atoms with Gasteiger partial charge >= 0.3 is 18.0 Å². The number of aliphatic carboxylic acids is 1. The van der Waals surface area contributed by atoms with Crippen molar-refractivity contribution in [3.05, 3.63) is 0 Å². The summed E-state index contributed by atoms with van der Waals surface area (Å²) in [4.78, 5) is 44.5. The van der Waals surface area contributed by atoms with Crippen LogP contribution >= 0.6 is 0 Å². The van der Waals surface area contributed by atoms with E-state index in [1.165, 1.54) is 7.11 Å². The monoisotopic (exact) mass is 301 g/mol. The molecule has 0 aromatic rings. The summed E-state index contributed by atoms with van der Waals surface area (Å²) in [7, 11) is 1.20. The summed E-state index contributed by atoms with van der Waals surface area (Å²) in [6.45, 7) is 0.223. The Hall–Kier alpha value is -2.32. The predicted molar refractivity (Wildman–Crippen MR) is 70.4 cm³/mol. The fraction of sp³-hybridized carbons (Fsp3) is 0.667. The van der Waals surface area contributed by atoms with Crippen LogP contribution in [0.4, 0.5) is 4.79 Å². The van der Waals surface area contributed by atoms with Crippen LogP contribution in [0.25, 0.3) is 0 Å². The Labute approximate surface area is 121 Å². The van der Waals surface area contributed by atoms with Crippen LogP contribution in [0.15, 0.2) is 0 Å². The molecule has 1 saturated heterocycles. The minimum atomic E-state index is -1.23. The summed E-state index contributed by atoms with van der Waals surface area (Å²) in [5.74, 6) is -1.84. The number of nitrogens with one attached hydrogen (secondary N) is 3. The number of carbonyl (C=O) groups excluding carboxylic acids is 3. The van der Waals surface area contributed by atoms with Crippen LogP contribution in [0.3, 0.4) is 0 Å². The van der Waals surface area contributed by atoms with E-state index in [1.54, 1.807) is 0 Å². The van der Waals surface area contributed by atoms with Crippen LogP contribution < -0.4 is 16.0 Å². The number of carboxylic acids is 1. The van der Waals surface area contributed by atoms with Crippen LogP contribution in [0.2, 0.25) is 0 Å². The zero-order chi connectivity index (χ0) is 15.8. The average Bonchev–Trinajstić information content (AvgIpc) is 2.86. The lowest BCUT2D eigenvalue weighted by atomic mass is 10.1. The second kappa shape index (κ2) is 8.08. The summed E-state index contributed by atoms with van der Waals surface area (Å²) in [6.07, 6.45) is 0.886. The maximum atomic E-state index is 11.6. The Balaban J connectivity index is 2.32. The fourth-order valence-corrected chi connectivity index (χ4v) is 1.88. The number of amides is 3. The van der Waals surface area contributed by atoms with Crippen molar-refractivity contribution in [1.29, 1.82) is 0 Å². The molecule has 2 atom stereocenters. The Morgan fingerprint density at radius 3 is 2.71 bits per heavy atom. The van der Waals surface area contributed by atoms with Gasteiger partial charge in [-0.2, -0.15) is 0 Å². The van der Waals surface area contributed by atoms with Gasteiger partial charge in [-0.3, -0.25) is 9.59 Å². The number of esters is 1. The molecule has 3 amide bonds. The van der Waals surface area contributed by atoms with Crippen molar-refractivity contribution in [3.63, 3.8) is 0 Å². The number of urea groups is 1. The van der Waals surface area contributed by atoms with Crippen molar-refractivity contribution >= 4 is 23.9 Å². The van der Waals surface area contributed by atoms with E-state index in [2.05, 4.69) is 20.7 Å². The molecular weight excluding hydrogens is 282 g/mol. The first-order valence-corrected chi connectivity index (χ1v) is 6.55. The molecule has 0 bridgehead atoms. The molecule has 0 spiro atoms. The van der Waals surface area contributed by atoms with Gasteiger partial charge in [0.15, 0.2) is 0 Å². The van der Waals surface area contributed by atoms with Gasteiger partial charge in [0.1, 0.15) is 6.04 Å². The molecule has 4 N–H and O–H groups in total. The Morgan fingerprint density at radius 2 is 2.19 bits per heavy atom. The van der Waals surface area contributed by atoms with Gasteiger partial charge in [-0.05, 0) is 12.8 Å². The number of hydrogen-bond acceptors (Lipinski definition) is 5. The lowest BCUT2D eigenvalue weighted by Crippen LogP contribution is -2.49. The van der Waals surface area contributed by atoms with E-state index < -0.39 is 24.0 Å². The molecule has 9 heteroatoms. The zero-order valence-electron chi connectivity index (χ0n) is 11.7. The third kappa shape index (κ3) is 6.11. The van der Waals surface area contributed by atoms with Crippen molar-refractivity contribution in [2.24, 2.45) is 0 Å². The fourth-order valence-electron chi connectivity index (χ4n) is 1.88. The van der Waals surface area contributed by atoms with Gasteiger partial charge in [-0.15, -0.1) is 0 Å². The third-order valence-corrected chi connectivity index (χ3v) is 3.06. The third-order valence-electron chi connectivity index (χ3n) is 3.06. The Bertz CT molecular complexity index is 425. The van der Waals surface area contributed by atoms with Crippen LogP contribution in [0, 0.1) is 0 Å². The second-order valence-electron chi connectivity index (χ2n) is 4.66. The van der Waals surface area contributed by atoms with Crippen molar-refractivity contribution in [2.75, 3.05) is 13.7 Å². The minimum Gasteiger partial charge on any atom is -0.480 e. The van der Waals surface area contributed by atoms with Crippen LogP contribution in [-0.4, -0.2) is 54.7 Å². The standard InChI is InChI=1S/C12H19N3O6/c1-21-10(17)5-3-8(11(18)19)15-12(20)13-6-7-2-4-9(16)14-7/h7-8H,2-6H2,1H3,(H,14,16)(H,18,19)(H2,13,15,20)/t7?,8-/m1/s1. The molecule has 1 unspecified atom stereocenters. The summed E-state index contributed by atoms with van der Waals surface area (Å²) in [5, 5.41) is 16.4. The highest BCUT2D eigenvalue weighted by Crippen LogP contribution is 2.05. The first kappa shape index (κ1) is 16.7. The molecule has 118 valence electrons. The smallest absolute Gasteiger partial charge is 0.326 e. The molecule has 21 heavy (non-hydrogen) atoms. The number of hydrogen-bond donors (Lipinski definition) is 4. The number of rotatable bonds is 7. The first-order valence-electron chi connectivity index (χ1n) is 6.55.